The van der Waals surface area contributed by atoms with Crippen LogP contribution in [0.2, 0.25) is 0 Å². The van der Waals surface area contributed by atoms with Crippen molar-refractivity contribution in [2.45, 2.75) is 5.51 Å². The van der Waals surface area contributed by atoms with Crippen LogP contribution in [-0.2, 0) is 14.9 Å². The zero-order valence-electron chi connectivity index (χ0n) is 11.0. The molecule has 2 rings (SSSR count). The molecular formula is C13H9F3O5S. The smallest absolute Gasteiger partial charge is 0.465 e. The Hall–Kier alpha value is -2.29. The molecule has 2 aromatic carbocycles. The maximum atomic E-state index is 12.2. The SMILES string of the molecule is COC(=O)c1ccc2cc(OS(=O)(=O)C(F)(F)F)ccc2c1. The van der Waals surface area contributed by atoms with E-state index in [0.717, 1.165) is 12.1 Å². The summed E-state index contributed by atoms with van der Waals surface area (Å²) in [5, 5.41) is 0.919. The highest BCUT2D eigenvalue weighted by Crippen LogP contribution is 2.29. The van der Waals surface area contributed by atoms with Crippen LogP contribution in [0.25, 0.3) is 10.8 Å². The van der Waals surface area contributed by atoms with Gasteiger partial charge in [-0.1, -0.05) is 12.1 Å². The molecule has 0 amide bonds. The first kappa shape index (κ1) is 16.1. The van der Waals surface area contributed by atoms with Crippen LogP contribution >= 0.6 is 0 Å². The molecule has 22 heavy (non-hydrogen) atoms. The normalized spacial score (nSPS) is 12.2. The summed E-state index contributed by atoms with van der Waals surface area (Å²) < 4.78 is 67.2. The molecule has 0 unspecified atom stereocenters. The number of hydrogen-bond donors (Lipinski definition) is 0. The number of carbonyl (C=O) groups excluding carboxylic acids is 1. The van der Waals surface area contributed by atoms with Crippen molar-refractivity contribution in [3.8, 4) is 5.75 Å². The molecule has 0 fully saturated rings. The van der Waals surface area contributed by atoms with E-state index in [1.807, 2.05) is 0 Å². The zero-order chi connectivity index (χ0) is 16.5. The lowest BCUT2D eigenvalue weighted by Gasteiger charge is -2.10. The minimum absolute atomic E-state index is 0.256. The molecule has 0 radical (unpaired) electrons. The number of carbonyl (C=O) groups is 1. The van der Waals surface area contributed by atoms with Gasteiger partial charge in [-0.3, -0.25) is 0 Å². The predicted octanol–water partition coefficient (Wildman–Crippen LogP) is 2.85. The number of rotatable bonds is 3. The summed E-state index contributed by atoms with van der Waals surface area (Å²) in [6, 6.07) is 7.82. The number of halogens is 3. The summed E-state index contributed by atoms with van der Waals surface area (Å²) in [4.78, 5) is 11.4. The first-order chi connectivity index (χ1) is 10.1. The van der Waals surface area contributed by atoms with E-state index < -0.39 is 27.3 Å². The van der Waals surface area contributed by atoms with E-state index in [4.69, 9.17) is 0 Å². The summed E-state index contributed by atoms with van der Waals surface area (Å²) >= 11 is 0. The van der Waals surface area contributed by atoms with Gasteiger partial charge in [0, 0.05) is 0 Å². The van der Waals surface area contributed by atoms with Crippen molar-refractivity contribution < 1.29 is 35.3 Å². The van der Waals surface area contributed by atoms with Gasteiger partial charge in [-0.15, -0.1) is 0 Å². The van der Waals surface area contributed by atoms with Crippen LogP contribution in [0, 0.1) is 0 Å². The molecule has 0 aliphatic rings. The number of fused-ring (bicyclic) bond motifs is 1. The molecule has 0 aliphatic carbocycles. The third kappa shape index (κ3) is 3.14. The number of esters is 1. The van der Waals surface area contributed by atoms with Crippen LogP contribution in [0.15, 0.2) is 36.4 Å². The summed E-state index contributed by atoms with van der Waals surface area (Å²) in [6.45, 7) is 0. The molecule has 0 N–H and O–H groups in total. The minimum Gasteiger partial charge on any atom is -0.465 e. The Morgan fingerprint density at radius 1 is 1.05 bits per heavy atom. The lowest BCUT2D eigenvalue weighted by atomic mass is 10.1. The lowest BCUT2D eigenvalue weighted by molar-refractivity contribution is -0.0500. The molecule has 0 aromatic heterocycles. The van der Waals surface area contributed by atoms with Crippen molar-refractivity contribution in [3.05, 3.63) is 42.0 Å². The van der Waals surface area contributed by atoms with Crippen molar-refractivity contribution >= 4 is 26.9 Å². The van der Waals surface area contributed by atoms with E-state index in [-0.39, 0.29) is 5.56 Å². The molecule has 0 atom stereocenters. The van der Waals surface area contributed by atoms with Gasteiger partial charge in [0.05, 0.1) is 12.7 Å². The van der Waals surface area contributed by atoms with E-state index in [2.05, 4.69) is 8.92 Å². The second kappa shape index (κ2) is 5.48. The van der Waals surface area contributed by atoms with Crippen LogP contribution in [0.3, 0.4) is 0 Å². The van der Waals surface area contributed by atoms with Gasteiger partial charge >= 0.3 is 21.6 Å². The highest BCUT2D eigenvalue weighted by atomic mass is 32.2. The molecular weight excluding hydrogens is 325 g/mol. The Balaban J connectivity index is 2.38. The van der Waals surface area contributed by atoms with Crippen LogP contribution in [0.4, 0.5) is 13.2 Å². The van der Waals surface area contributed by atoms with Crippen LogP contribution < -0.4 is 4.18 Å². The molecule has 0 saturated heterocycles. The monoisotopic (exact) mass is 334 g/mol. The van der Waals surface area contributed by atoms with Crippen molar-refractivity contribution in [2.75, 3.05) is 7.11 Å². The number of ether oxygens (including phenoxy) is 1. The van der Waals surface area contributed by atoms with E-state index in [1.165, 1.54) is 31.4 Å². The minimum atomic E-state index is -5.72. The molecule has 118 valence electrons. The maximum Gasteiger partial charge on any atom is 0.534 e. The van der Waals surface area contributed by atoms with Gasteiger partial charge in [-0.25, -0.2) is 4.79 Å². The zero-order valence-corrected chi connectivity index (χ0v) is 11.9. The third-order valence-electron chi connectivity index (χ3n) is 2.72. The number of benzene rings is 2. The van der Waals surface area contributed by atoms with Gasteiger partial charge in [0.15, 0.2) is 0 Å². The van der Waals surface area contributed by atoms with Crippen molar-refractivity contribution in [2.24, 2.45) is 0 Å². The second-order valence-electron chi connectivity index (χ2n) is 4.20. The molecule has 0 aliphatic heterocycles. The summed E-state index contributed by atoms with van der Waals surface area (Å²) in [5.41, 5.74) is -5.25. The van der Waals surface area contributed by atoms with Crippen molar-refractivity contribution in [3.63, 3.8) is 0 Å². The molecule has 0 saturated carbocycles. The first-order valence-corrected chi connectivity index (χ1v) is 7.18. The highest BCUT2D eigenvalue weighted by Gasteiger charge is 2.48. The highest BCUT2D eigenvalue weighted by molar-refractivity contribution is 7.88. The largest absolute Gasteiger partial charge is 0.534 e. The van der Waals surface area contributed by atoms with Crippen LogP contribution in [0.5, 0.6) is 5.75 Å². The van der Waals surface area contributed by atoms with Crippen LogP contribution in [-0.4, -0.2) is 27.0 Å². The van der Waals surface area contributed by atoms with Gasteiger partial charge in [0.1, 0.15) is 5.75 Å². The van der Waals surface area contributed by atoms with Gasteiger partial charge in [-0.2, -0.15) is 21.6 Å². The average Bonchev–Trinajstić information content (AvgIpc) is 2.44. The van der Waals surface area contributed by atoms with Gasteiger partial charge in [-0.05, 0) is 35.0 Å². The second-order valence-corrected chi connectivity index (χ2v) is 5.74. The van der Waals surface area contributed by atoms with Crippen LogP contribution in [0.1, 0.15) is 10.4 Å². The van der Waals surface area contributed by atoms with E-state index in [9.17, 15) is 26.4 Å². The summed E-state index contributed by atoms with van der Waals surface area (Å²) in [7, 11) is -4.51. The van der Waals surface area contributed by atoms with Gasteiger partial charge in [0.2, 0.25) is 0 Å². The van der Waals surface area contributed by atoms with E-state index >= 15 is 0 Å². The molecule has 0 bridgehead atoms. The predicted molar refractivity (Wildman–Crippen MR) is 70.9 cm³/mol. The summed E-state index contributed by atoms with van der Waals surface area (Å²) in [6.07, 6.45) is 0. The number of alkyl halides is 3. The molecule has 9 heteroatoms. The van der Waals surface area contributed by atoms with Crippen molar-refractivity contribution in [1.29, 1.82) is 0 Å². The molecule has 0 heterocycles. The standard InChI is InChI=1S/C13H9F3O5S/c1-20-12(17)10-3-2-9-7-11(5-4-8(9)6-10)21-22(18,19)13(14,15)16/h2-7H,1H3. The fourth-order valence-electron chi connectivity index (χ4n) is 1.69. The topological polar surface area (TPSA) is 69.7 Å². The summed E-state index contributed by atoms with van der Waals surface area (Å²) in [5.74, 6) is -1.04. The Morgan fingerprint density at radius 2 is 1.64 bits per heavy atom. The Labute approximate surface area is 123 Å². The molecule has 2 aromatic rings. The lowest BCUT2D eigenvalue weighted by Crippen LogP contribution is -2.28. The van der Waals surface area contributed by atoms with Gasteiger partial charge < -0.3 is 8.92 Å². The van der Waals surface area contributed by atoms with Crippen molar-refractivity contribution in [1.82, 2.24) is 0 Å². The van der Waals surface area contributed by atoms with E-state index in [0.29, 0.717) is 10.8 Å². The number of methoxy groups -OCH3 is 1. The molecule has 5 nitrogen and oxygen atoms in total. The first-order valence-electron chi connectivity index (χ1n) is 5.77. The third-order valence-corrected chi connectivity index (χ3v) is 3.70. The van der Waals surface area contributed by atoms with Gasteiger partial charge in [0.25, 0.3) is 0 Å². The average molecular weight is 334 g/mol. The fourth-order valence-corrected chi connectivity index (χ4v) is 2.15. The quantitative estimate of drug-likeness (QED) is 0.490. The van der Waals surface area contributed by atoms with E-state index in [1.54, 1.807) is 0 Å². The Morgan fingerprint density at radius 3 is 2.23 bits per heavy atom. The fraction of sp³-hybridized carbons (Fsp3) is 0.154. The molecule has 0 spiro atoms. The Kier molecular flexibility index (Phi) is 4.01. The number of hydrogen-bond acceptors (Lipinski definition) is 5. The Bertz CT molecular complexity index is 827. The maximum absolute atomic E-state index is 12.2.